The third-order valence-corrected chi connectivity index (χ3v) is 4.67. The van der Waals surface area contributed by atoms with Gasteiger partial charge in [0.15, 0.2) is 0 Å². The quantitative estimate of drug-likeness (QED) is 0.788. The fourth-order valence-corrected chi connectivity index (χ4v) is 3.36. The van der Waals surface area contributed by atoms with Crippen molar-refractivity contribution in [1.29, 1.82) is 0 Å². The second-order valence-electron chi connectivity index (χ2n) is 4.61. The highest BCUT2D eigenvalue weighted by molar-refractivity contribution is 7.45. The third kappa shape index (κ3) is 4.18. The van der Waals surface area contributed by atoms with E-state index in [1.165, 1.54) is 0 Å². The van der Waals surface area contributed by atoms with Crippen LogP contribution in [0.1, 0.15) is 0 Å². The van der Waals surface area contributed by atoms with Crippen LogP contribution < -0.4 is 9.05 Å². The van der Waals surface area contributed by atoms with Gasteiger partial charge < -0.3 is 13.8 Å². The molecule has 1 saturated heterocycles. The first kappa shape index (κ1) is 14.3. The van der Waals surface area contributed by atoms with Crippen molar-refractivity contribution in [2.75, 3.05) is 26.3 Å². The minimum absolute atomic E-state index is 0.717. The number of ether oxygens (including phenoxy) is 1. The molecule has 0 saturated carbocycles. The van der Waals surface area contributed by atoms with Crippen molar-refractivity contribution in [3.63, 3.8) is 0 Å². The first-order valence-corrected chi connectivity index (χ1v) is 8.13. The molecule has 1 aliphatic rings. The highest BCUT2D eigenvalue weighted by atomic mass is 31.2. The van der Waals surface area contributed by atoms with E-state index in [2.05, 4.69) is 4.67 Å². The molecule has 1 heterocycles. The number of rotatable bonds is 5. The van der Waals surface area contributed by atoms with E-state index >= 15 is 0 Å². The second-order valence-corrected chi connectivity index (χ2v) is 6.02. The summed E-state index contributed by atoms with van der Waals surface area (Å²) in [5.41, 5.74) is 0. The van der Waals surface area contributed by atoms with Crippen LogP contribution in [-0.2, 0) is 4.74 Å². The Bertz CT molecular complexity index is 490. The van der Waals surface area contributed by atoms with Crippen LogP contribution in [0.25, 0.3) is 0 Å². The molecule has 3 rings (SSSR count). The Morgan fingerprint density at radius 3 is 1.71 bits per heavy atom. The molecule has 0 aliphatic carbocycles. The lowest BCUT2D eigenvalue weighted by Crippen LogP contribution is -2.34. The molecule has 0 radical (unpaired) electrons. The Morgan fingerprint density at radius 1 is 0.762 bits per heavy atom. The predicted octanol–water partition coefficient (Wildman–Crippen LogP) is 3.70. The van der Waals surface area contributed by atoms with Gasteiger partial charge in [-0.15, -0.1) is 0 Å². The lowest BCUT2D eigenvalue weighted by molar-refractivity contribution is 0.0685. The molecular formula is C16H18NO3P. The normalized spacial score (nSPS) is 15.9. The summed E-state index contributed by atoms with van der Waals surface area (Å²) in [5, 5.41) is 0. The first-order chi connectivity index (χ1) is 10.4. The van der Waals surface area contributed by atoms with Crippen molar-refractivity contribution >= 4 is 8.53 Å². The van der Waals surface area contributed by atoms with E-state index < -0.39 is 8.53 Å². The Labute approximate surface area is 126 Å². The largest absolute Gasteiger partial charge is 0.427 e. The molecule has 21 heavy (non-hydrogen) atoms. The number of para-hydroxylation sites is 2. The molecule has 0 aromatic heterocycles. The zero-order chi connectivity index (χ0) is 14.3. The smallest absolute Gasteiger partial charge is 0.384 e. The van der Waals surface area contributed by atoms with Crippen LogP contribution in [0.5, 0.6) is 11.5 Å². The zero-order valence-corrected chi connectivity index (χ0v) is 12.6. The number of benzene rings is 2. The van der Waals surface area contributed by atoms with Crippen molar-refractivity contribution in [3.8, 4) is 11.5 Å². The van der Waals surface area contributed by atoms with Crippen molar-refractivity contribution < 1.29 is 13.8 Å². The maximum Gasteiger partial charge on any atom is 0.384 e. The van der Waals surface area contributed by atoms with E-state index in [1.807, 2.05) is 60.7 Å². The summed E-state index contributed by atoms with van der Waals surface area (Å²) in [7, 11) is -1.18. The Kier molecular flexibility index (Phi) is 5.06. The first-order valence-electron chi connectivity index (χ1n) is 7.00. The summed E-state index contributed by atoms with van der Waals surface area (Å²) in [4.78, 5) is 0. The average Bonchev–Trinajstić information content (AvgIpc) is 2.57. The van der Waals surface area contributed by atoms with Gasteiger partial charge in [0.25, 0.3) is 0 Å². The maximum absolute atomic E-state index is 6.07. The summed E-state index contributed by atoms with van der Waals surface area (Å²) in [6.45, 7) is 3.08. The van der Waals surface area contributed by atoms with Gasteiger partial charge in [-0.3, -0.25) is 0 Å². The highest BCUT2D eigenvalue weighted by Crippen LogP contribution is 2.44. The van der Waals surface area contributed by atoms with Gasteiger partial charge in [-0.25, -0.2) is 4.67 Å². The number of hydrogen-bond donors (Lipinski definition) is 0. The SMILES string of the molecule is c1ccc(OP(Oc2ccccc2)N2CCOCC2)cc1. The van der Waals surface area contributed by atoms with Crippen LogP contribution in [0, 0.1) is 0 Å². The molecule has 5 heteroatoms. The highest BCUT2D eigenvalue weighted by Gasteiger charge is 2.27. The van der Waals surface area contributed by atoms with Crippen LogP contribution in [0.3, 0.4) is 0 Å². The molecule has 2 aromatic rings. The van der Waals surface area contributed by atoms with Crippen LogP contribution in [0.2, 0.25) is 0 Å². The molecule has 0 unspecified atom stereocenters. The molecule has 0 spiro atoms. The van der Waals surface area contributed by atoms with Crippen molar-refractivity contribution in [3.05, 3.63) is 60.7 Å². The van der Waals surface area contributed by atoms with Crippen molar-refractivity contribution in [1.82, 2.24) is 4.67 Å². The number of morpholine rings is 1. The van der Waals surface area contributed by atoms with Crippen LogP contribution in [-0.4, -0.2) is 31.0 Å². The summed E-state index contributed by atoms with van der Waals surface area (Å²) < 4.78 is 19.8. The van der Waals surface area contributed by atoms with E-state index in [4.69, 9.17) is 13.8 Å². The van der Waals surface area contributed by atoms with Gasteiger partial charge in [0.1, 0.15) is 11.5 Å². The summed E-state index contributed by atoms with van der Waals surface area (Å²) >= 11 is 0. The number of nitrogens with zero attached hydrogens (tertiary/aromatic N) is 1. The number of hydrogen-bond acceptors (Lipinski definition) is 4. The molecule has 110 valence electrons. The fraction of sp³-hybridized carbons (Fsp3) is 0.250. The minimum Gasteiger partial charge on any atom is -0.427 e. The van der Waals surface area contributed by atoms with Gasteiger partial charge in [-0.05, 0) is 24.3 Å². The molecule has 0 N–H and O–H groups in total. The van der Waals surface area contributed by atoms with Gasteiger partial charge in [0.05, 0.1) is 13.2 Å². The fourth-order valence-electron chi connectivity index (χ4n) is 1.99. The van der Waals surface area contributed by atoms with E-state index in [0.717, 1.165) is 37.8 Å². The summed E-state index contributed by atoms with van der Waals surface area (Å²) in [6, 6.07) is 19.6. The minimum atomic E-state index is -1.18. The standard InChI is InChI=1S/C16H18NO3P/c1-3-7-15(8-4-1)19-21(17-11-13-18-14-12-17)20-16-9-5-2-6-10-16/h1-10H,11-14H2. The van der Waals surface area contributed by atoms with E-state index in [-0.39, 0.29) is 0 Å². The summed E-state index contributed by atoms with van der Waals surface area (Å²) in [5.74, 6) is 1.65. The molecule has 2 aromatic carbocycles. The monoisotopic (exact) mass is 303 g/mol. The van der Waals surface area contributed by atoms with E-state index in [1.54, 1.807) is 0 Å². The van der Waals surface area contributed by atoms with Crippen molar-refractivity contribution in [2.45, 2.75) is 0 Å². The Balaban J connectivity index is 1.73. The topological polar surface area (TPSA) is 30.9 Å². The van der Waals surface area contributed by atoms with Gasteiger partial charge in [-0.2, -0.15) is 0 Å². The molecule has 0 atom stereocenters. The molecular weight excluding hydrogens is 285 g/mol. The van der Waals surface area contributed by atoms with Gasteiger partial charge in [0, 0.05) is 13.1 Å². The molecule has 0 amide bonds. The molecule has 1 aliphatic heterocycles. The second kappa shape index (κ2) is 7.41. The van der Waals surface area contributed by atoms with Crippen LogP contribution in [0.4, 0.5) is 0 Å². The third-order valence-electron chi connectivity index (χ3n) is 3.07. The van der Waals surface area contributed by atoms with E-state index in [9.17, 15) is 0 Å². The lowest BCUT2D eigenvalue weighted by Gasteiger charge is -2.31. The lowest BCUT2D eigenvalue weighted by atomic mass is 10.3. The Morgan fingerprint density at radius 2 is 1.24 bits per heavy atom. The molecule has 1 fully saturated rings. The average molecular weight is 303 g/mol. The molecule has 4 nitrogen and oxygen atoms in total. The summed E-state index contributed by atoms with van der Waals surface area (Å²) in [6.07, 6.45) is 0. The van der Waals surface area contributed by atoms with Crippen molar-refractivity contribution in [2.24, 2.45) is 0 Å². The van der Waals surface area contributed by atoms with Gasteiger partial charge >= 0.3 is 8.53 Å². The maximum atomic E-state index is 6.07. The van der Waals surface area contributed by atoms with E-state index in [0.29, 0.717) is 0 Å². The zero-order valence-electron chi connectivity index (χ0n) is 11.7. The predicted molar refractivity (Wildman–Crippen MR) is 83.5 cm³/mol. The van der Waals surface area contributed by atoms with Crippen LogP contribution in [0.15, 0.2) is 60.7 Å². The van der Waals surface area contributed by atoms with Gasteiger partial charge in [0.2, 0.25) is 0 Å². The van der Waals surface area contributed by atoms with Crippen LogP contribution >= 0.6 is 8.53 Å². The van der Waals surface area contributed by atoms with Gasteiger partial charge in [-0.1, -0.05) is 36.4 Å². The molecule has 0 bridgehead atoms. The Hall–Kier alpha value is -1.61.